The molecule has 1 saturated heterocycles. The highest BCUT2D eigenvalue weighted by molar-refractivity contribution is 8.09. The molecule has 2 aromatic rings. The number of carbonyl (C=O) groups is 3. The molecule has 0 saturated carbocycles. The molecule has 2 aliphatic rings. The number of esters is 1. The number of carbonyl (C=O) groups excluding carboxylic acids is 3. The second kappa shape index (κ2) is 12.8. The Labute approximate surface area is 245 Å². The molecule has 15 heteroatoms. The molecular formula is C27H30F3N2O8PS. The Kier molecular flexibility index (Phi) is 9.75. The lowest BCUT2D eigenvalue weighted by molar-refractivity contribution is -0.192. The van der Waals surface area contributed by atoms with Crippen molar-refractivity contribution in [3.63, 3.8) is 0 Å². The van der Waals surface area contributed by atoms with Gasteiger partial charge in [0.15, 0.2) is 23.8 Å². The number of allylic oxidation sites excluding steroid dienone is 1. The zero-order valence-corrected chi connectivity index (χ0v) is 24.5. The molecule has 0 bridgehead atoms. The first-order chi connectivity index (χ1) is 19.7. The number of ketones is 1. The van der Waals surface area contributed by atoms with Gasteiger partial charge in [0.2, 0.25) is 5.91 Å². The lowest BCUT2D eigenvalue weighted by Gasteiger charge is -2.34. The van der Waals surface area contributed by atoms with Crippen molar-refractivity contribution < 1.29 is 51.2 Å². The van der Waals surface area contributed by atoms with Gasteiger partial charge in [-0.05, 0) is 61.6 Å². The highest BCUT2D eigenvalue weighted by atomic mass is 32.5. The molecule has 2 N–H and O–H groups in total. The first kappa shape index (κ1) is 32.1. The first-order valence-electron chi connectivity index (χ1n) is 13.0. The van der Waals surface area contributed by atoms with Crippen LogP contribution in [0.3, 0.4) is 0 Å². The standard InChI is InChI=1S/C27H30F3N2O8PS/c1-15(2)38-25(36)16(3)31-41(42,40-20-9-8-17-6-4-5-7-18(17)12-20)37-14-27(26(29)30)23(28)22(35)24(39-27)32-11-10-19(33)13-21(32)34/h4-12,15-16,22-24,26,35H,13-14H2,1-3H3,(H,31,42)/t16-,22+,23-,24+,27+,41?/m0/s1. The van der Waals surface area contributed by atoms with E-state index >= 15 is 4.39 Å². The molecule has 0 aliphatic carbocycles. The minimum absolute atomic E-state index is 0.177. The van der Waals surface area contributed by atoms with Gasteiger partial charge in [-0.3, -0.25) is 19.3 Å². The van der Waals surface area contributed by atoms with Crippen LogP contribution in [0.1, 0.15) is 27.2 Å². The lowest BCUT2D eigenvalue weighted by atomic mass is 9.98. The number of amides is 1. The Bertz CT molecular complexity index is 1430. The summed E-state index contributed by atoms with van der Waals surface area (Å²) in [4.78, 5) is 37.1. The molecule has 1 fully saturated rings. The van der Waals surface area contributed by atoms with E-state index in [-0.39, 0.29) is 5.75 Å². The Morgan fingerprint density at radius 2 is 1.90 bits per heavy atom. The third-order valence-electron chi connectivity index (χ3n) is 6.54. The van der Waals surface area contributed by atoms with Crippen molar-refractivity contribution in [2.75, 3.05) is 6.61 Å². The molecule has 42 heavy (non-hydrogen) atoms. The largest absolute Gasteiger partial charge is 0.462 e. The van der Waals surface area contributed by atoms with Crippen LogP contribution in [0, 0.1) is 0 Å². The lowest BCUT2D eigenvalue weighted by Crippen LogP contribution is -2.51. The molecule has 0 spiro atoms. The van der Waals surface area contributed by atoms with Crippen LogP contribution in [0.4, 0.5) is 13.2 Å². The molecule has 1 amide bonds. The number of benzene rings is 2. The summed E-state index contributed by atoms with van der Waals surface area (Å²) in [5.41, 5.74) is -3.08. The average Bonchev–Trinajstić information content (AvgIpc) is 3.17. The number of aliphatic hydroxyl groups is 1. The second-order valence-electron chi connectivity index (χ2n) is 10.1. The van der Waals surface area contributed by atoms with Crippen LogP contribution in [0.5, 0.6) is 5.75 Å². The monoisotopic (exact) mass is 630 g/mol. The fraction of sp³-hybridized carbons (Fsp3) is 0.444. The highest BCUT2D eigenvalue weighted by Gasteiger charge is 2.63. The van der Waals surface area contributed by atoms with Crippen molar-refractivity contribution in [1.29, 1.82) is 0 Å². The Balaban J connectivity index is 1.62. The summed E-state index contributed by atoms with van der Waals surface area (Å²) in [5.74, 6) is -1.97. The Hall–Kier alpha value is -2.87. The smallest absolute Gasteiger partial charge is 0.323 e. The maximum atomic E-state index is 15.5. The fourth-order valence-electron chi connectivity index (χ4n) is 4.40. The summed E-state index contributed by atoms with van der Waals surface area (Å²) in [7, 11) is 0. The number of hydrogen-bond donors (Lipinski definition) is 2. The minimum Gasteiger partial charge on any atom is -0.462 e. The van der Waals surface area contributed by atoms with Crippen molar-refractivity contribution in [2.24, 2.45) is 0 Å². The van der Waals surface area contributed by atoms with Gasteiger partial charge in [-0.2, -0.15) is 0 Å². The summed E-state index contributed by atoms with van der Waals surface area (Å²) in [5, 5.41) is 14.9. The molecule has 2 aromatic carbocycles. The number of halogens is 3. The first-order valence-corrected chi connectivity index (χ1v) is 15.6. The van der Waals surface area contributed by atoms with Crippen LogP contribution in [0.2, 0.25) is 0 Å². The molecule has 0 aromatic heterocycles. The van der Waals surface area contributed by atoms with E-state index in [1.807, 2.05) is 12.1 Å². The van der Waals surface area contributed by atoms with Crippen LogP contribution in [-0.4, -0.2) is 76.9 Å². The number of hydrogen-bond acceptors (Lipinski definition) is 9. The van der Waals surface area contributed by atoms with Crippen LogP contribution in [-0.2, 0) is 40.2 Å². The highest BCUT2D eigenvalue weighted by Crippen LogP contribution is 2.49. The van der Waals surface area contributed by atoms with Crippen molar-refractivity contribution in [2.45, 2.75) is 69.9 Å². The number of fused-ring (bicyclic) bond motifs is 1. The van der Waals surface area contributed by atoms with E-state index in [0.717, 1.165) is 23.0 Å². The number of nitrogens with zero attached hydrogens (tertiary/aromatic N) is 1. The Morgan fingerprint density at radius 1 is 1.21 bits per heavy atom. The second-order valence-corrected chi connectivity index (χ2v) is 13.3. The van der Waals surface area contributed by atoms with Crippen LogP contribution in [0.25, 0.3) is 10.8 Å². The molecule has 2 heterocycles. The topological polar surface area (TPSA) is 124 Å². The number of alkyl halides is 3. The molecular weight excluding hydrogens is 600 g/mol. The van der Waals surface area contributed by atoms with E-state index in [4.69, 9.17) is 30.3 Å². The average molecular weight is 631 g/mol. The van der Waals surface area contributed by atoms with E-state index in [1.165, 1.54) is 6.92 Å². The normalized spacial score (nSPS) is 26.6. The van der Waals surface area contributed by atoms with Crippen molar-refractivity contribution in [1.82, 2.24) is 9.99 Å². The van der Waals surface area contributed by atoms with E-state index in [2.05, 4.69) is 5.09 Å². The third kappa shape index (κ3) is 6.85. The van der Waals surface area contributed by atoms with Crippen molar-refractivity contribution in [3.8, 4) is 5.75 Å². The molecule has 0 radical (unpaired) electrons. The summed E-state index contributed by atoms with van der Waals surface area (Å²) >= 11 is 5.59. The number of nitrogens with one attached hydrogen (secondary N) is 1. The molecule has 2 aliphatic heterocycles. The predicted octanol–water partition coefficient (Wildman–Crippen LogP) is 3.76. The van der Waals surface area contributed by atoms with Gasteiger partial charge in [0.1, 0.15) is 17.9 Å². The summed E-state index contributed by atoms with van der Waals surface area (Å²) in [6, 6.07) is 11.1. The SMILES string of the molecule is CC(C)OC(=O)[C@H](C)NP(=S)(OC[C@@]1(C(F)F)O[C@@H](N2C=CC(=O)CC2=O)[C@H](O)[C@@H]1F)Oc1ccc2ccccc2c1. The number of aliphatic hydroxyl groups excluding tert-OH is 1. The zero-order chi connectivity index (χ0) is 30.8. The van der Waals surface area contributed by atoms with Crippen LogP contribution < -0.4 is 9.61 Å². The van der Waals surface area contributed by atoms with E-state index in [1.54, 1.807) is 44.2 Å². The summed E-state index contributed by atoms with van der Waals surface area (Å²) in [6.07, 6.45) is -9.54. The number of ether oxygens (including phenoxy) is 2. The van der Waals surface area contributed by atoms with Crippen LogP contribution in [0.15, 0.2) is 54.7 Å². The summed E-state index contributed by atoms with van der Waals surface area (Å²) in [6.45, 7) is -0.503. The van der Waals surface area contributed by atoms with Gasteiger partial charge in [0.25, 0.3) is 6.43 Å². The van der Waals surface area contributed by atoms with Crippen molar-refractivity contribution in [3.05, 3.63) is 54.7 Å². The maximum Gasteiger partial charge on any atom is 0.323 e. The summed E-state index contributed by atoms with van der Waals surface area (Å²) < 4.78 is 66.7. The van der Waals surface area contributed by atoms with Gasteiger partial charge >= 0.3 is 12.6 Å². The van der Waals surface area contributed by atoms with E-state index in [9.17, 15) is 28.3 Å². The van der Waals surface area contributed by atoms with Gasteiger partial charge < -0.3 is 23.6 Å². The van der Waals surface area contributed by atoms with Gasteiger partial charge in [0, 0.05) is 6.20 Å². The van der Waals surface area contributed by atoms with Gasteiger partial charge in [-0.25, -0.2) is 18.3 Å². The van der Waals surface area contributed by atoms with Crippen molar-refractivity contribution >= 4 is 46.9 Å². The van der Waals surface area contributed by atoms with Crippen LogP contribution >= 0.6 is 6.64 Å². The molecule has 6 atom stereocenters. The Morgan fingerprint density at radius 3 is 2.55 bits per heavy atom. The van der Waals surface area contributed by atoms with Gasteiger partial charge in [0.05, 0.1) is 19.1 Å². The molecule has 10 nitrogen and oxygen atoms in total. The quantitative estimate of drug-likeness (QED) is 0.216. The zero-order valence-electron chi connectivity index (χ0n) is 22.8. The fourth-order valence-corrected chi connectivity index (χ4v) is 6.81. The van der Waals surface area contributed by atoms with Gasteiger partial charge in [-0.15, -0.1) is 0 Å². The predicted molar refractivity (Wildman–Crippen MR) is 149 cm³/mol. The van der Waals surface area contributed by atoms with E-state index < -0.39 is 80.0 Å². The molecule has 4 rings (SSSR count). The maximum absolute atomic E-state index is 15.5. The van der Waals surface area contributed by atoms with E-state index in [0.29, 0.717) is 4.90 Å². The molecule has 1 unspecified atom stereocenters. The molecule has 228 valence electrons. The minimum atomic E-state index is -3.94. The number of rotatable bonds is 11. The van der Waals surface area contributed by atoms with Gasteiger partial charge in [-0.1, -0.05) is 30.3 Å². The third-order valence-corrected chi connectivity index (χ3v) is 9.02.